The summed E-state index contributed by atoms with van der Waals surface area (Å²) in [5.74, 6) is -2.84. The molecule has 25 heavy (non-hydrogen) atoms. The smallest absolute Gasteiger partial charge is 0.341 e. The Morgan fingerprint density at radius 3 is 2.56 bits per heavy atom. The van der Waals surface area contributed by atoms with Gasteiger partial charge in [0.1, 0.15) is 11.5 Å². The lowest BCUT2D eigenvalue weighted by molar-refractivity contribution is -0.258. The lowest BCUT2D eigenvalue weighted by atomic mass is 9.64. The molecule has 1 aliphatic carbocycles. The number of benzene rings is 1. The number of ether oxygens (including phenoxy) is 2. The molecule has 1 aromatic carbocycles. The number of phenolic OH excluding ortho intramolecular Hbond substituents is 2. The SMILES string of the molecule is CC(C)=CCc1c(O)c(C)c(O)c2c1[C@H]1[C@]3(C)OC(=O)[C@@]1(O)C[C@H]2O3. The third kappa shape index (κ3) is 1.89. The molecule has 6 heteroatoms. The van der Waals surface area contributed by atoms with Gasteiger partial charge in [-0.25, -0.2) is 4.79 Å². The molecule has 0 unspecified atom stereocenters. The quantitative estimate of drug-likeness (QED) is 0.562. The maximum atomic E-state index is 12.3. The van der Waals surface area contributed by atoms with Crippen molar-refractivity contribution in [2.24, 2.45) is 0 Å². The van der Waals surface area contributed by atoms with Gasteiger partial charge in [-0.1, -0.05) is 11.6 Å². The highest BCUT2D eigenvalue weighted by Gasteiger charge is 2.72. The van der Waals surface area contributed by atoms with Gasteiger partial charge in [0.25, 0.3) is 0 Å². The molecule has 3 heterocycles. The fourth-order valence-corrected chi connectivity index (χ4v) is 4.57. The van der Waals surface area contributed by atoms with E-state index >= 15 is 0 Å². The van der Waals surface area contributed by atoms with Crippen LogP contribution in [-0.2, 0) is 20.7 Å². The van der Waals surface area contributed by atoms with E-state index in [0.717, 1.165) is 5.57 Å². The van der Waals surface area contributed by atoms with E-state index in [1.54, 1.807) is 13.8 Å². The number of allylic oxidation sites excluding steroid dienone is 2. The molecule has 134 valence electrons. The van der Waals surface area contributed by atoms with Crippen molar-refractivity contribution in [2.45, 2.75) is 63.9 Å². The summed E-state index contributed by atoms with van der Waals surface area (Å²) in [5.41, 5.74) is 1.50. The molecule has 0 amide bonds. The van der Waals surface area contributed by atoms with Gasteiger partial charge in [0.05, 0.1) is 12.0 Å². The molecular formula is C19H22O6. The molecule has 4 bridgehead atoms. The molecule has 3 aliphatic heterocycles. The minimum atomic E-state index is -1.70. The molecule has 0 spiro atoms. The van der Waals surface area contributed by atoms with E-state index in [-0.39, 0.29) is 17.9 Å². The van der Waals surface area contributed by atoms with E-state index in [9.17, 15) is 20.1 Å². The van der Waals surface area contributed by atoms with Crippen LogP contribution in [0, 0.1) is 6.92 Å². The van der Waals surface area contributed by atoms with Crippen molar-refractivity contribution in [1.29, 1.82) is 0 Å². The van der Waals surface area contributed by atoms with Gasteiger partial charge in [-0.3, -0.25) is 0 Å². The molecule has 5 rings (SSSR count). The van der Waals surface area contributed by atoms with Gasteiger partial charge in [-0.05, 0) is 32.8 Å². The molecule has 0 aromatic heterocycles. The highest BCUT2D eigenvalue weighted by Crippen LogP contribution is 2.65. The minimum absolute atomic E-state index is 0.0136. The van der Waals surface area contributed by atoms with Gasteiger partial charge < -0.3 is 24.8 Å². The Kier molecular flexibility index (Phi) is 3.13. The maximum absolute atomic E-state index is 12.3. The lowest BCUT2D eigenvalue weighted by Crippen LogP contribution is -2.54. The van der Waals surface area contributed by atoms with Gasteiger partial charge in [0.2, 0.25) is 5.79 Å². The maximum Gasteiger partial charge on any atom is 0.341 e. The third-order valence-corrected chi connectivity index (χ3v) is 5.72. The first-order valence-corrected chi connectivity index (χ1v) is 8.44. The van der Waals surface area contributed by atoms with Gasteiger partial charge in [-0.15, -0.1) is 0 Å². The van der Waals surface area contributed by atoms with E-state index in [1.165, 1.54) is 0 Å². The van der Waals surface area contributed by atoms with Gasteiger partial charge >= 0.3 is 5.97 Å². The van der Waals surface area contributed by atoms with Gasteiger partial charge in [-0.2, -0.15) is 0 Å². The number of esters is 1. The monoisotopic (exact) mass is 346 g/mol. The summed E-state index contributed by atoms with van der Waals surface area (Å²) in [7, 11) is 0. The summed E-state index contributed by atoms with van der Waals surface area (Å²) in [6.45, 7) is 7.18. The largest absolute Gasteiger partial charge is 0.507 e. The number of carbonyl (C=O) groups excluding carboxylic acids is 1. The molecule has 3 N–H and O–H groups in total. The van der Waals surface area contributed by atoms with Crippen LogP contribution in [0.5, 0.6) is 11.5 Å². The zero-order valence-electron chi connectivity index (χ0n) is 14.7. The van der Waals surface area contributed by atoms with Crippen LogP contribution >= 0.6 is 0 Å². The average Bonchev–Trinajstić information content (AvgIpc) is 2.64. The van der Waals surface area contributed by atoms with Crippen LogP contribution in [0.1, 0.15) is 61.5 Å². The Balaban J connectivity index is 2.04. The molecule has 0 radical (unpaired) electrons. The fraction of sp³-hybridized carbons (Fsp3) is 0.526. The van der Waals surface area contributed by atoms with Crippen molar-refractivity contribution in [1.82, 2.24) is 0 Å². The molecule has 6 nitrogen and oxygen atoms in total. The first kappa shape index (κ1) is 16.4. The molecule has 1 aromatic rings. The third-order valence-electron chi connectivity index (χ3n) is 5.72. The van der Waals surface area contributed by atoms with Crippen LogP contribution < -0.4 is 0 Å². The first-order chi connectivity index (χ1) is 11.6. The number of carbonyl (C=O) groups is 1. The van der Waals surface area contributed by atoms with E-state index < -0.39 is 29.4 Å². The van der Waals surface area contributed by atoms with E-state index in [4.69, 9.17) is 9.47 Å². The van der Waals surface area contributed by atoms with Crippen molar-refractivity contribution in [3.8, 4) is 11.5 Å². The molecule has 2 fully saturated rings. The second-order valence-corrected chi connectivity index (χ2v) is 7.69. The van der Waals surface area contributed by atoms with Crippen molar-refractivity contribution < 1.29 is 29.6 Å². The summed E-state index contributed by atoms with van der Waals surface area (Å²) in [4.78, 5) is 12.3. The molecule has 2 saturated heterocycles. The van der Waals surface area contributed by atoms with E-state index in [2.05, 4.69) is 0 Å². The molecule has 4 atom stereocenters. The van der Waals surface area contributed by atoms with Crippen LogP contribution in [0.4, 0.5) is 0 Å². The number of aliphatic hydroxyl groups is 1. The highest BCUT2D eigenvalue weighted by atomic mass is 16.7. The predicted molar refractivity (Wildman–Crippen MR) is 88.3 cm³/mol. The van der Waals surface area contributed by atoms with Gasteiger partial charge in [0.15, 0.2) is 5.60 Å². The van der Waals surface area contributed by atoms with E-state index in [1.807, 2.05) is 19.9 Å². The molecule has 4 aliphatic rings. The standard InChI is InChI=1S/C19H22O6/c1-8(2)5-6-10-12-13(15(21)9(3)14(10)20)11-7-19(23)16(12)18(4,24-11)25-17(19)22/h5,11,16,20-21,23H,6-7H2,1-4H3/t11-,16+,18+,19-/m1/s1. The van der Waals surface area contributed by atoms with E-state index in [0.29, 0.717) is 28.7 Å². The number of hydrogen-bond donors (Lipinski definition) is 3. The fourth-order valence-electron chi connectivity index (χ4n) is 4.57. The summed E-state index contributed by atoms with van der Waals surface area (Å²) in [5, 5.41) is 32.3. The topological polar surface area (TPSA) is 96.2 Å². The van der Waals surface area contributed by atoms with Crippen LogP contribution in [0.25, 0.3) is 0 Å². The highest BCUT2D eigenvalue weighted by molar-refractivity contribution is 5.86. The predicted octanol–water partition coefficient (Wildman–Crippen LogP) is 2.48. The van der Waals surface area contributed by atoms with Crippen LogP contribution in [0.2, 0.25) is 0 Å². The Morgan fingerprint density at radius 1 is 1.28 bits per heavy atom. The second kappa shape index (κ2) is 4.77. The van der Waals surface area contributed by atoms with Crippen LogP contribution in [-0.4, -0.2) is 32.7 Å². The minimum Gasteiger partial charge on any atom is -0.507 e. The number of phenols is 2. The zero-order valence-corrected chi connectivity index (χ0v) is 14.7. The summed E-state index contributed by atoms with van der Waals surface area (Å²) < 4.78 is 11.3. The Labute approximate surface area is 145 Å². The van der Waals surface area contributed by atoms with Crippen molar-refractivity contribution in [2.75, 3.05) is 0 Å². The molecule has 0 saturated carbocycles. The van der Waals surface area contributed by atoms with Crippen molar-refractivity contribution >= 4 is 5.97 Å². The number of aromatic hydroxyl groups is 2. The number of rotatable bonds is 2. The summed E-state index contributed by atoms with van der Waals surface area (Å²) >= 11 is 0. The molecular weight excluding hydrogens is 324 g/mol. The second-order valence-electron chi connectivity index (χ2n) is 7.69. The normalized spacial score (nSPS) is 34.7. The lowest BCUT2D eigenvalue weighted by Gasteiger charge is -2.49. The Bertz CT molecular complexity index is 837. The Morgan fingerprint density at radius 2 is 1.96 bits per heavy atom. The van der Waals surface area contributed by atoms with Gasteiger partial charge in [0, 0.05) is 30.0 Å². The average molecular weight is 346 g/mol. The first-order valence-electron chi connectivity index (χ1n) is 8.44. The zero-order chi connectivity index (χ0) is 18.3. The van der Waals surface area contributed by atoms with Crippen LogP contribution in [0.3, 0.4) is 0 Å². The number of hydrogen-bond acceptors (Lipinski definition) is 6. The van der Waals surface area contributed by atoms with Crippen LogP contribution in [0.15, 0.2) is 11.6 Å². The summed E-state index contributed by atoms with van der Waals surface area (Å²) in [6.07, 6.45) is 1.78. The van der Waals surface area contributed by atoms with Crippen molar-refractivity contribution in [3.05, 3.63) is 33.9 Å². The Hall–Kier alpha value is -2.05. The van der Waals surface area contributed by atoms with Crippen molar-refractivity contribution in [3.63, 3.8) is 0 Å². The summed E-state index contributed by atoms with van der Waals surface area (Å²) in [6, 6.07) is 0.